The van der Waals surface area contributed by atoms with Gasteiger partial charge in [0.2, 0.25) is 11.8 Å². The lowest BCUT2D eigenvalue weighted by Gasteiger charge is -2.19. The maximum absolute atomic E-state index is 12.0. The second kappa shape index (κ2) is 7.94. The number of nitrogens with two attached hydrogens (primary N) is 1. The maximum atomic E-state index is 12.0. The number of hydrogen-bond donors (Lipinski definition) is 2. The first kappa shape index (κ1) is 18.7. The van der Waals surface area contributed by atoms with E-state index in [-0.39, 0.29) is 5.91 Å². The zero-order valence-electron chi connectivity index (χ0n) is 14.8. The lowest BCUT2D eigenvalue weighted by molar-refractivity contribution is -0.135. The van der Waals surface area contributed by atoms with Gasteiger partial charge in [0, 0.05) is 5.41 Å². The van der Waals surface area contributed by atoms with Gasteiger partial charge in [-0.2, -0.15) is 0 Å². The van der Waals surface area contributed by atoms with E-state index in [1.807, 2.05) is 54.6 Å². The van der Waals surface area contributed by atoms with Crippen molar-refractivity contribution in [2.45, 2.75) is 33.2 Å². The average Bonchev–Trinajstić information content (AvgIpc) is 2.56. The van der Waals surface area contributed by atoms with Crippen LogP contribution >= 0.6 is 0 Å². The maximum Gasteiger partial charge on any atom is 0.243 e. The Morgan fingerprint density at radius 1 is 1.00 bits per heavy atom. The summed E-state index contributed by atoms with van der Waals surface area (Å²) in [4.78, 5) is 23.9. The summed E-state index contributed by atoms with van der Waals surface area (Å²) in [7, 11) is 0. The van der Waals surface area contributed by atoms with Gasteiger partial charge in [0.1, 0.15) is 11.5 Å². The van der Waals surface area contributed by atoms with Gasteiger partial charge >= 0.3 is 0 Å². The van der Waals surface area contributed by atoms with Crippen molar-refractivity contribution in [1.82, 2.24) is 5.32 Å². The molecular formula is C20H24N2O3. The molecule has 5 heteroatoms. The van der Waals surface area contributed by atoms with Crippen LogP contribution in [0.3, 0.4) is 0 Å². The predicted octanol–water partition coefficient (Wildman–Crippen LogP) is 3.04. The molecule has 0 aliphatic rings. The van der Waals surface area contributed by atoms with Crippen LogP contribution < -0.4 is 15.8 Å². The number of ether oxygens (including phenoxy) is 1. The lowest BCUT2D eigenvalue weighted by atomic mass is 9.95. The molecule has 0 saturated heterocycles. The quantitative estimate of drug-likeness (QED) is 0.876. The molecule has 5 nitrogen and oxygen atoms in total. The van der Waals surface area contributed by atoms with Crippen LogP contribution in [0.15, 0.2) is 54.6 Å². The fourth-order valence-corrected chi connectivity index (χ4v) is 2.06. The first-order valence-electron chi connectivity index (χ1n) is 8.18. The van der Waals surface area contributed by atoms with Crippen molar-refractivity contribution in [3.63, 3.8) is 0 Å². The van der Waals surface area contributed by atoms with E-state index in [1.54, 1.807) is 20.8 Å². The normalized spacial score (nSPS) is 12.3. The third kappa shape index (κ3) is 5.72. The Kier molecular flexibility index (Phi) is 5.93. The van der Waals surface area contributed by atoms with Gasteiger partial charge in [0.25, 0.3) is 0 Å². The van der Waals surface area contributed by atoms with Gasteiger partial charge in [-0.25, -0.2) is 0 Å². The average molecular weight is 340 g/mol. The number of rotatable bonds is 5. The van der Waals surface area contributed by atoms with Crippen LogP contribution in [-0.2, 0) is 16.0 Å². The van der Waals surface area contributed by atoms with Crippen LogP contribution in [0, 0.1) is 5.41 Å². The summed E-state index contributed by atoms with van der Waals surface area (Å²) in [6.45, 7) is 5.23. The molecule has 132 valence electrons. The van der Waals surface area contributed by atoms with E-state index in [1.165, 1.54) is 0 Å². The zero-order chi connectivity index (χ0) is 18.4. The van der Waals surface area contributed by atoms with Crippen molar-refractivity contribution in [3.05, 3.63) is 60.2 Å². The highest BCUT2D eigenvalue weighted by Gasteiger charge is 2.25. The van der Waals surface area contributed by atoms with Crippen molar-refractivity contribution in [2.24, 2.45) is 11.1 Å². The predicted molar refractivity (Wildman–Crippen MR) is 97.2 cm³/mol. The molecule has 0 radical (unpaired) electrons. The highest BCUT2D eigenvalue weighted by molar-refractivity contribution is 5.99. The first-order valence-corrected chi connectivity index (χ1v) is 8.18. The van der Waals surface area contributed by atoms with Crippen LogP contribution in [0.5, 0.6) is 11.5 Å². The summed E-state index contributed by atoms with van der Waals surface area (Å²) in [6.07, 6.45) is 0.342. The van der Waals surface area contributed by atoms with Gasteiger partial charge in [-0.1, -0.05) is 51.1 Å². The number of para-hydroxylation sites is 1. The lowest BCUT2D eigenvalue weighted by Crippen LogP contribution is -2.48. The molecule has 2 aromatic rings. The molecule has 2 aromatic carbocycles. The Balaban J connectivity index is 1.92. The SMILES string of the molecule is CC(C)(C)C(=O)NC(=O)[C@@H](N)Cc1ccc(Oc2ccccc2)cc1. The van der Waals surface area contributed by atoms with Crippen LogP contribution in [0.4, 0.5) is 0 Å². The Hall–Kier alpha value is -2.66. The number of amides is 2. The summed E-state index contributed by atoms with van der Waals surface area (Å²) in [5.41, 5.74) is 6.17. The standard InChI is InChI=1S/C20H24N2O3/c1-20(2,3)19(24)22-18(23)17(21)13-14-9-11-16(12-10-14)25-15-7-5-4-6-8-15/h4-12,17H,13,21H2,1-3H3,(H,22,23,24)/t17-/m0/s1. The van der Waals surface area contributed by atoms with E-state index in [9.17, 15) is 9.59 Å². The van der Waals surface area contributed by atoms with Gasteiger partial charge in [0.15, 0.2) is 0 Å². The van der Waals surface area contributed by atoms with Crippen molar-refractivity contribution in [1.29, 1.82) is 0 Å². The van der Waals surface area contributed by atoms with E-state index in [2.05, 4.69) is 5.32 Å². The summed E-state index contributed by atoms with van der Waals surface area (Å²) < 4.78 is 5.72. The molecule has 0 spiro atoms. The number of imide groups is 1. The zero-order valence-corrected chi connectivity index (χ0v) is 14.8. The summed E-state index contributed by atoms with van der Waals surface area (Å²) in [5, 5.41) is 2.36. The van der Waals surface area contributed by atoms with E-state index >= 15 is 0 Å². The highest BCUT2D eigenvalue weighted by Crippen LogP contribution is 2.21. The topological polar surface area (TPSA) is 81.4 Å². The van der Waals surface area contributed by atoms with Crippen LogP contribution in [0.1, 0.15) is 26.3 Å². The van der Waals surface area contributed by atoms with Crippen LogP contribution in [0.25, 0.3) is 0 Å². The van der Waals surface area contributed by atoms with Gasteiger partial charge in [0.05, 0.1) is 6.04 Å². The van der Waals surface area contributed by atoms with Gasteiger partial charge in [-0.15, -0.1) is 0 Å². The Morgan fingerprint density at radius 2 is 1.56 bits per heavy atom. The minimum atomic E-state index is -0.785. The molecule has 0 heterocycles. The molecule has 2 amide bonds. The molecule has 0 bridgehead atoms. The smallest absolute Gasteiger partial charge is 0.243 e. The second-order valence-corrected chi connectivity index (χ2v) is 6.94. The number of carbonyl (C=O) groups is 2. The van der Waals surface area contributed by atoms with Crippen molar-refractivity contribution >= 4 is 11.8 Å². The fourth-order valence-electron chi connectivity index (χ4n) is 2.06. The molecular weight excluding hydrogens is 316 g/mol. The van der Waals surface area contributed by atoms with E-state index in [0.717, 1.165) is 11.3 Å². The molecule has 0 aliphatic carbocycles. The van der Waals surface area contributed by atoms with Crippen LogP contribution in [0.2, 0.25) is 0 Å². The third-order valence-electron chi connectivity index (χ3n) is 3.61. The molecule has 0 aliphatic heterocycles. The first-order chi connectivity index (χ1) is 11.8. The van der Waals surface area contributed by atoms with Crippen molar-refractivity contribution < 1.29 is 14.3 Å². The largest absolute Gasteiger partial charge is 0.457 e. The molecule has 0 fully saturated rings. The summed E-state index contributed by atoms with van der Waals surface area (Å²) in [5.74, 6) is 0.659. The van der Waals surface area contributed by atoms with Gasteiger partial charge < -0.3 is 10.5 Å². The summed E-state index contributed by atoms with van der Waals surface area (Å²) in [6, 6.07) is 16.1. The highest BCUT2D eigenvalue weighted by atomic mass is 16.5. The van der Waals surface area contributed by atoms with Crippen molar-refractivity contribution in [2.75, 3.05) is 0 Å². The minimum absolute atomic E-state index is 0.334. The molecule has 25 heavy (non-hydrogen) atoms. The van der Waals surface area contributed by atoms with E-state index in [4.69, 9.17) is 10.5 Å². The second-order valence-electron chi connectivity index (χ2n) is 6.94. The van der Waals surface area contributed by atoms with Gasteiger partial charge in [-0.3, -0.25) is 14.9 Å². The molecule has 1 atom stereocenters. The molecule has 0 aromatic heterocycles. The third-order valence-corrected chi connectivity index (χ3v) is 3.61. The Bertz CT molecular complexity index is 719. The number of carbonyl (C=O) groups excluding carboxylic acids is 2. The monoisotopic (exact) mass is 340 g/mol. The fraction of sp³-hybridized carbons (Fsp3) is 0.300. The minimum Gasteiger partial charge on any atom is -0.457 e. The Morgan fingerprint density at radius 3 is 2.12 bits per heavy atom. The Labute approximate surface area is 148 Å². The molecule has 3 N–H and O–H groups in total. The number of benzene rings is 2. The molecule has 2 rings (SSSR count). The summed E-state index contributed by atoms with van der Waals surface area (Å²) >= 11 is 0. The molecule has 0 saturated carbocycles. The molecule has 0 unspecified atom stereocenters. The van der Waals surface area contributed by atoms with Crippen molar-refractivity contribution in [3.8, 4) is 11.5 Å². The van der Waals surface area contributed by atoms with Gasteiger partial charge in [-0.05, 0) is 36.2 Å². The van der Waals surface area contributed by atoms with E-state index < -0.39 is 17.4 Å². The number of nitrogens with one attached hydrogen (secondary N) is 1. The van der Waals surface area contributed by atoms with Crippen LogP contribution in [-0.4, -0.2) is 17.9 Å². The number of hydrogen-bond acceptors (Lipinski definition) is 4. The van der Waals surface area contributed by atoms with E-state index in [0.29, 0.717) is 12.2 Å².